The Morgan fingerprint density at radius 1 is 1.18 bits per heavy atom. The average molecular weight is 525 g/mol. The third kappa shape index (κ3) is 5.07. The third-order valence-electron chi connectivity index (χ3n) is 4.11. The van der Waals surface area contributed by atoms with Gasteiger partial charge in [0, 0.05) is 10.1 Å². The maximum Gasteiger partial charge on any atom is 0.266 e. The Morgan fingerprint density at radius 3 is 2.61 bits per heavy atom. The molecule has 2 aromatic rings. The minimum atomic E-state index is -0.0325. The highest BCUT2D eigenvalue weighted by atomic mass is 127. The van der Waals surface area contributed by atoms with Crippen LogP contribution in [0.25, 0.3) is 6.08 Å². The monoisotopic (exact) mass is 525 g/mol. The summed E-state index contributed by atoms with van der Waals surface area (Å²) in [6, 6.07) is 13.8. The number of carbonyl (C=O) groups excluding carboxylic acids is 1. The van der Waals surface area contributed by atoms with E-state index >= 15 is 0 Å². The molecule has 3 rings (SSSR count). The van der Waals surface area contributed by atoms with E-state index in [0.717, 1.165) is 17.5 Å². The van der Waals surface area contributed by atoms with E-state index in [9.17, 15) is 4.79 Å². The average Bonchev–Trinajstić information content (AvgIpc) is 2.96. The van der Waals surface area contributed by atoms with Gasteiger partial charge in [0.1, 0.15) is 10.9 Å². The van der Waals surface area contributed by atoms with Crippen molar-refractivity contribution in [3.05, 3.63) is 62.1 Å². The Bertz CT molecular complexity index is 912. The normalized spacial score (nSPS) is 15.4. The summed E-state index contributed by atoms with van der Waals surface area (Å²) in [7, 11) is 1.61. The second-order valence-electron chi connectivity index (χ2n) is 6.16. The maximum absolute atomic E-state index is 12.5. The maximum atomic E-state index is 12.5. The van der Waals surface area contributed by atoms with Gasteiger partial charge in [-0.05, 0) is 70.5 Å². The molecule has 0 spiro atoms. The number of benzene rings is 2. The number of halogens is 1. The van der Waals surface area contributed by atoms with Crippen LogP contribution in [0.1, 0.15) is 24.5 Å². The second kappa shape index (κ2) is 9.76. The van der Waals surface area contributed by atoms with E-state index in [1.807, 2.05) is 55.5 Å². The first-order valence-corrected chi connectivity index (χ1v) is 11.1. The van der Waals surface area contributed by atoms with Gasteiger partial charge < -0.3 is 9.47 Å². The molecule has 0 N–H and O–H groups in total. The van der Waals surface area contributed by atoms with E-state index in [2.05, 4.69) is 22.6 Å². The van der Waals surface area contributed by atoms with E-state index in [-0.39, 0.29) is 5.91 Å². The lowest BCUT2D eigenvalue weighted by atomic mass is 10.1. The fraction of sp³-hybridized carbons (Fsp3) is 0.238. The number of thiocarbonyl (C=S) groups is 1. The molecule has 1 amide bonds. The summed E-state index contributed by atoms with van der Waals surface area (Å²) in [6.07, 6.45) is 2.72. The predicted octanol–water partition coefficient (Wildman–Crippen LogP) is 5.49. The molecule has 146 valence electrons. The Kier molecular flexibility index (Phi) is 7.36. The van der Waals surface area contributed by atoms with Crippen LogP contribution in [-0.4, -0.2) is 28.8 Å². The van der Waals surface area contributed by atoms with Crippen molar-refractivity contribution in [3.8, 4) is 11.5 Å². The first kappa shape index (κ1) is 21.1. The van der Waals surface area contributed by atoms with Crippen LogP contribution >= 0.6 is 46.6 Å². The molecule has 1 aliphatic rings. The number of amides is 1. The van der Waals surface area contributed by atoms with Gasteiger partial charge in [0.05, 0.1) is 12.0 Å². The van der Waals surface area contributed by atoms with E-state index in [0.29, 0.717) is 33.9 Å². The molecule has 0 unspecified atom stereocenters. The van der Waals surface area contributed by atoms with Crippen molar-refractivity contribution < 1.29 is 14.3 Å². The summed E-state index contributed by atoms with van der Waals surface area (Å²) < 4.78 is 13.2. The molecule has 0 saturated carbocycles. The summed E-state index contributed by atoms with van der Waals surface area (Å²) in [5.41, 5.74) is 1.96. The Balaban J connectivity index is 1.75. The van der Waals surface area contributed by atoms with Crippen LogP contribution in [-0.2, 0) is 11.4 Å². The SMILES string of the molecule is CCCN1C(=O)/C(=C\c2ccc(OCc3ccc(I)cc3)c(OC)c2)SC1=S. The van der Waals surface area contributed by atoms with Gasteiger partial charge in [0.2, 0.25) is 0 Å². The van der Waals surface area contributed by atoms with Crippen LogP contribution in [0.15, 0.2) is 47.4 Å². The standard InChI is InChI=1S/C21H20INO3S2/c1-3-10-23-20(24)19(28-21(23)27)12-15-6-9-17(18(11-15)25-2)26-13-14-4-7-16(22)8-5-14/h4-9,11-12H,3,10,13H2,1-2H3/b19-12+. The largest absolute Gasteiger partial charge is 0.493 e. The number of methoxy groups -OCH3 is 1. The summed E-state index contributed by atoms with van der Waals surface area (Å²) in [4.78, 5) is 14.8. The van der Waals surface area contributed by atoms with Crippen molar-refractivity contribution in [2.75, 3.05) is 13.7 Å². The summed E-state index contributed by atoms with van der Waals surface area (Å²) in [5, 5.41) is 0. The van der Waals surface area contributed by atoms with E-state index in [1.165, 1.54) is 15.3 Å². The number of hydrogen-bond acceptors (Lipinski definition) is 5. The van der Waals surface area contributed by atoms with Crippen molar-refractivity contribution in [2.45, 2.75) is 20.0 Å². The first-order valence-electron chi connectivity index (χ1n) is 8.82. The molecule has 1 aliphatic heterocycles. The van der Waals surface area contributed by atoms with Gasteiger partial charge in [-0.3, -0.25) is 9.69 Å². The molecule has 7 heteroatoms. The first-order chi connectivity index (χ1) is 13.5. The number of thioether (sulfide) groups is 1. The van der Waals surface area contributed by atoms with Crippen molar-refractivity contribution in [2.24, 2.45) is 0 Å². The molecule has 4 nitrogen and oxygen atoms in total. The minimum absolute atomic E-state index is 0.0325. The van der Waals surface area contributed by atoms with Gasteiger partial charge in [-0.1, -0.05) is 49.1 Å². The molecule has 28 heavy (non-hydrogen) atoms. The molecule has 0 bridgehead atoms. The lowest BCUT2D eigenvalue weighted by Crippen LogP contribution is -2.28. The molecule has 2 aromatic carbocycles. The number of rotatable bonds is 7. The molecule has 0 aliphatic carbocycles. The van der Waals surface area contributed by atoms with Crippen LogP contribution in [0.5, 0.6) is 11.5 Å². The molecule has 0 atom stereocenters. The Labute approximate surface area is 188 Å². The topological polar surface area (TPSA) is 38.8 Å². The van der Waals surface area contributed by atoms with Crippen LogP contribution < -0.4 is 9.47 Å². The smallest absolute Gasteiger partial charge is 0.266 e. The third-order valence-corrected chi connectivity index (χ3v) is 6.21. The van der Waals surface area contributed by atoms with E-state index < -0.39 is 0 Å². The zero-order valence-corrected chi connectivity index (χ0v) is 19.4. The van der Waals surface area contributed by atoms with E-state index in [1.54, 1.807) is 12.0 Å². The number of nitrogens with zero attached hydrogens (tertiary/aromatic N) is 1. The quantitative estimate of drug-likeness (QED) is 0.272. The molecule has 1 heterocycles. The van der Waals surface area contributed by atoms with Crippen LogP contribution in [0, 0.1) is 3.57 Å². The second-order valence-corrected chi connectivity index (χ2v) is 9.08. The van der Waals surface area contributed by atoms with Gasteiger partial charge in [-0.15, -0.1) is 0 Å². The van der Waals surface area contributed by atoms with Gasteiger partial charge in [0.15, 0.2) is 11.5 Å². The van der Waals surface area contributed by atoms with Crippen LogP contribution in [0.3, 0.4) is 0 Å². The summed E-state index contributed by atoms with van der Waals surface area (Å²) >= 11 is 8.93. The van der Waals surface area contributed by atoms with Crippen LogP contribution in [0.2, 0.25) is 0 Å². The Morgan fingerprint density at radius 2 is 1.93 bits per heavy atom. The lowest BCUT2D eigenvalue weighted by Gasteiger charge is -2.12. The summed E-state index contributed by atoms with van der Waals surface area (Å²) in [5.74, 6) is 1.26. The highest BCUT2D eigenvalue weighted by molar-refractivity contribution is 14.1. The zero-order valence-electron chi connectivity index (χ0n) is 15.6. The van der Waals surface area contributed by atoms with Gasteiger partial charge in [0.25, 0.3) is 5.91 Å². The molecule has 0 aromatic heterocycles. The van der Waals surface area contributed by atoms with Crippen molar-refractivity contribution in [1.82, 2.24) is 4.90 Å². The molecule has 1 fully saturated rings. The number of hydrogen-bond donors (Lipinski definition) is 0. The highest BCUT2D eigenvalue weighted by Gasteiger charge is 2.31. The van der Waals surface area contributed by atoms with Crippen molar-refractivity contribution in [1.29, 1.82) is 0 Å². The predicted molar refractivity (Wildman–Crippen MR) is 127 cm³/mol. The molecular formula is C21H20INO3S2. The van der Waals surface area contributed by atoms with Gasteiger partial charge >= 0.3 is 0 Å². The van der Waals surface area contributed by atoms with E-state index in [4.69, 9.17) is 21.7 Å². The Hall–Kier alpha value is -1.58. The summed E-state index contributed by atoms with van der Waals surface area (Å²) in [6.45, 7) is 3.14. The van der Waals surface area contributed by atoms with Gasteiger partial charge in [-0.25, -0.2) is 0 Å². The molecule has 0 radical (unpaired) electrons. The molecular weight excluding hydrogens is 505 g/mol. The fourth-order valence-electron chi connectivity index (χ4n) is 2.70. The fourth-order valence-corrected chi connectivity index (χ4v) is 4.37. The zero-order chi connectivity index (χ0) is 20.1. The minimum Gasteiger partial charge on any atom is -0.493 e. The number of carbonyl (C=O) groups is 1. The number of ether oxygens (including phenoxy) is 2. The lowest BCUT2D eigenvalue weighted by molar-refractivity contribution is -0.122. The molecule has 1 saturated heterocycles. The van der Waals surface area contributed by atoms with Crippen molar-refractivity contribution in [3.63, 3.8) is 0 Å². The van der Waals surface area contributed by atoms with Gasteiger partial charge in [-0.2, -0.15) is 0 Å². The van der Waals surface area contributed by atoms with Crippen LogP contribution in [0.4, 0.5) is 0 Å². The van der Waals surface area contributed by atoms with Crippen molar-refractivity contribution >= 4 is 62.9 Å². The highest BCUT2D eigenvalue weighted by Crippen LogP contribution is 2.35.